The maximum absolute atomic E-state index is 12.2. The zero-order valence-corrected chi connectivity index (χ0v) is 13.4. The zero-order chi connectivity index (χ0) is 14.7. The van der Waals surface area contributed by atoms with Crippen LogP contribution in [0, 0.1) is 11.8 Å². The third kappa shape index (κ3) is 3.95. The molecule has 1 aromatic rings. The van der Waals surface area contributed by atoms with E-state index in [0.29, 0.717) is 17.2 Å². The SMILES string of the molecule is CC(C(=O)Nc1ccccc1C(=O)N(C)C)C1CNC1.Cl. The van der Waals surface area contributed by atoms with Gasteiger partial charge in [0.2, 0.25) is 5.91 Å². The Morgan fingerprint density at radius 2 is 1.90 bits per heavy atom. The van der Waals surface area contributed by atoms with Crippen molar-refractivity contribution in [1.29, 1.82) is 0 Å². The number of carbonyl (C=O) groups is 2. The first-order valence-corrected chi connectivity index (χ1v) is 6.83. The van der Waals surface area contributed by atoms with Gasteiger partial charge in [-0.25, -0.2) is 0 Å². The molecular formula is C15H22ClN3O2. The van der Waals surface area contributed by atoms with Crippen molar-refractivity contribution in [1.82, 2.24) is 10.2 Å². The fraction of sp³-hybridized carbons (Fsp3) is 0.467. The molecule has 1 aromatic carbocycles. The average Bonchev–Trinajstić information content (AvgIpc) is 2.36. The highest BCUT2D eigenvalue weighted by atomic mass is 35.5. The van der Waals surface area contributed by atoms with Gasteiger partial charge in [-0.05, 0) is 31.1 Å². The highest BCUT2D eigenvalue weighted by Crippen LogP contribution is 2.21. The summed E-state index contributed by atoms with van der Waals surface area (Å²) in [6.45, 7) is 3.69. The lowest BCUT2D eigenvalue weighted by Gasteiger charge is -2.31. The van der Waals surface area contributed by atoms with Gasteiger partial charge in [0, 0.05) is 20.0 Å². The summed E-state index contributed by atoms with van der Waals surface area (Å²) < 4.78 is 0. The third-order valence-electron chi connectivity index (χ3n) is 3.76. The Labute approximate surface area is 131 Å². The highest BCUT2D eigenvalue weighted by molar-refractivity contribution is 6.04. The monoisotopic (exact) mass is 311 g/mol. The first-order chi connectivity index (χ1) is 9.50. The number of amides is 2. The van der Waals surface area contributed by atoms with Crippen molar-refractivity contribution in [2.24, 2.45) is 11.8 Å². The van der Waals surface area contributed by atoms with E-state index in [0.717, 1.165) is 13.1 Å². The Morgan fingerprint density at radius 3 is 2.43 bits per heavy atom. The van der Waals surface area contributed by atoms with E-state index in [-0.39, 0.29) is 30.1 Å². The number of benzene rings is 1. The number of hydrogen-bond acceptors (Lipinski definition) is 3. The predicted octanol–water partition coefficient (Wildman–Crippen LogP) is 1.60. The number of halogens is 1. The van der Waals surface area contributed by atoms with Gasteiger partial charge in [-0.1, -0.05) is 19.1 Å². The minimum atomic E-state index is -0.112. The highest BCUT2D eigenvalue weighted by Gasteiger charge is 2.29. The molecule has 0 aromatic heterocycles. The molecule has 21 heavy (non-hydrogen) atoms. The molecule has 0 saturated carbocycles. The Morgan fingerprint density at radius 1 is 1.29 bits per heavy atom. The van der Waals surface area contributed by atoms with Crippen LogP contribution in [0.4, 0.5) is 5.69 Å². The van der Waals surface area contributed by atoms with E-state index in [9.17, 15) is 9.59 Å². The van der Waals surface area contributed by atoms with E-state index in [1.165, 1.54) is 4.90 Å². The van der Waals surface area contributed by atoms with Crippen molar-refractivity contribution in [3.05, 3.63) is 29.8 Å². The number of para-hydroxylation sites is 1. The average molecular weight is 312 g/mol. The molecule has 0 spiro atoms. The van der Waals surface area contributed by atoms with Gasteiger partial charge >= 0.3 is 0 Å². The Hall–Kier alpha value is -1.59. The van der Waals surface area contributed by atoms with Crippen LogP contribution in [-0.2, 0) is 4.79 Å². The second-order valence-electron chi connectivity index (χ2n) is 5.44. The van der Waals surface area contributed by atoms with Crippen LogP contribution < -0.4 is 10.6 Å². The molecule has 5 nitrogen and oxygen atoms in total. The molecule has 0 aliphatic carbocycles. The first kappa shape index (κ1) is 17.5. The molecule has 1 unspecified atom stereocenters. The zero-order valence-electron chi connectivity index (χ0n) is 12.6. The third-order valence-corrected chi connectivity index (χ3v) is 3.76. The molecule has 2 rings (SSSR count). The van der Waals surface area contributed by atoms with Gasteiger partial charge in [0.25, 0.3) is 5.91 Å². The fourth-order valence-electron chi connectivity index (χ4n) is 2.14. The van der Waals surface area contributed by atoms with Crippen molar-refractivity contribution < 1.29 is 9.59 Å². The van der Waals surface area contributed by atoms with Crippen LogP contribution in [0.25, 0.3) is 0 Å². The molecule has 0 bridgehead atoms. The molecule has 116 valence electrons. The standard InChI is InChI=1S/C15H21N3O2.ClH/c1-10(11-8-16-9-11)14(19)17-13-7-5-4-6-12(13)15(20)18(2)3;/h4-7,10-11,16H,8-9H2,1-3H3,(H,17,19);1H. The summed E-state index contributed by atoms with van der Waals surface area (Å²) in [6.07, 6.45) is 0. The first-order valence-electron chi connectivity index (χ1n) is 6.83. The fourth-order valence-corrected chi connectivity index (χ4v) is 2.14. The van der Waals surface area contributed by atoms with Crippen molar-refractivity contribution in [3.63, 3.8) is 0 Å². The number of anilines is 1. The Bertz CT molecular complexity index is 515. The molecule has 6 heteroatoms. The Balaban J connectivity index is 0.00000220. The lowest BCUT2D eigenvalue weighted by atomic mass is 9.88. The van der Waals surface area contributed by atoms with Crippen LogP contribution in [-0.4, -0.2) is 43.9 Å². The van der Waals surface area contributed by atoms with Crippen molar-refractivity contribution >= 4 is 29.9 Å². The quantitative estimate of drug-likeness (QED) is 0.888. The summed E-state index contributed by atoms with van der Waals surface area (Å²) in [5, 5.41) is 6.05. The Kier molecular flexibility index (Phi) is 6.18. The number of nitrogens with zero attached hydrogens (tertiary/aromatic N) is 1. The molecule has 1 heterocycles. The van der Waals surface area contributed by atoms with Gasteiger partial charge in [-0.15, -0.1) is 12.4 Å². The molecule has 1 fully saturated rings. The summed E-state index contributed by atoms with van der Waals surface area (Å²) in [7, 11) is 3.40. The van der Waals surface area contributed by atoms with Gasteiger partial charge in [0.05, 0.1) is 11.3 Å². The molecule has 1 atom stereocenters. The number of carbonyl (C=O) groups excluding carboxylic acids is 2. The van der Waals surface area contributed by atoms with Crippen LogP contribution in [0.5, 0.6) is 0 Å². The van der Waals surface area contributed by atoms with Gasteiger partial charge in [-0.3, -0.25) is 9.59 Å². The maximum Gasteiger partial charge on any atom is 0.255 e. The molecule has 0 radical (unpaired) electrons. The summed E-state index contributed by atoms with van der Waals surface area (Å²) in [6, 6.07) is 7.11. The van der Waals surface area contributed by atoms with E-state index < -0.39 is 0 Å². The molecular weight excluding hydrogens is 290 g/mol. The molecule has 1 aliphatic heterocycles. The number of nitrogens with one attached hydrogen (secondary N) is 2. The van der Waals surface area contributed by atoms with Crippen LogP contribution in [0.2, 0.25) is 0 Å². The van der Waals surface area contributed by atoms with Gasteiger partial charge in [-0.2, -0.15) is 0 Å². The topological polar surface area (TPSA) is 61.4 Å². The minimum Gasteiger partial charge on any atom is -0.345 e. The normalized spacial score (nSPS) is 15.4. The summed E-state index contributed by atoms with van der Waals surface area (Å²) in [5.41, 5.74) is 1.10. The molecule has 2 N–H and O–H groups in total. The summed E-state index contributed by atoms with van der Waals surface area (Å²) >= 11 is 0. The molecule has 1 aliphatic rings. The summed E-state index contributed by atoms with van der Waals surface area (Å²) in [5.74, 6) is 0.180. The second kappa shape index (κ2) is 7.43. The smallest absolute Gasteiger partial charge is 0.255 e. The molecule has 2 amide bonds. The lowest BCUT2D eigenvalue weighted by Crippen LogP contribution is -2.48. The van der Waals surface area contributed by atoms with Gasteiger partial charge < -0.3 is 15.5 Å². The van der Waals surface area contributed by atoms with Crippen molar-refractivity contribution in [2.45, 2.75) is 6.92 Å². The van der Waals surface area contributed by atoms with E-state index in [1.807, 2.05) is 13.0 Å². The van der Waals surface area contributed by atoms with E-state index >= 15 is 0 Å². The maximum atomic E-state index is 12.2. The van der Waals surface area contributed by atoms with Crippen LogP contribution in [0.3, 0.4) is 0 Å². The van der Waals surface area contributed by atoms with E-state index in [4.69, 9.17) is 0 Å². The van der Waals surface area contributed by atoms with Crippen LogP contribution >= 0.6 is 12.4 Å². The lowest BCUT2D eigenvalue weighted by molar-refractivity contribution is -0.121. The number of rotatable bonds is 4. The van der Waals surface area contributed by atoms with Gasteiger partial charge in [0.1, 0.15) is 0 Å². The number of hydrogen-bond donors (Lipinski definition) is 2. The minimum absolute atomic E-state index is 0. The van der Waals surface area contributed by atoms with Crippen LogP contribution in [0.15, 0.2) is 24.3 Å². The van der Waals surface area contributed by atoms with Crippen molar-refractivity contribution in [2.75, 3.05) is 32.5 Å². The second-order valence-corrected chi connectivity index (χ2v) is 5.44. The van der Waals surface area contributed by atoms with Crippen LogP contribution in [0.1, 0.15) is 17.3 Å². The summed E-state index contributed by atoms with van der Waals surface area (Å²) in [4.78, 5) is 25.8. The van der Waals surface area contributed by atoms with E-state index in [2.05, 4.69) is 10.6 Å². The van der Waals surface area contributed by atoms with Gasteiger partial charge in [0.15, 0.2) is 0 Å². The molecule has 1 saturated heterocycles. The predicted molar refractivity (Wildman–Crippen MR) is 85.9 cm³/mol. The van der Waals surface area contributed by atoms with Crippen molar-refractivity contribution in [3.8, 4) is 0 Å². The largest absolute Gasteiger partial charge is 0.345 e. The van der Waals surface area contributed by atoms with E-state index in [1.54, 1.807) is 32.3 Å².